The Hall–Kier alpha value is -0.930. The zero-order valence-electron chi connectivity index (χ0n) is 18.1. The Kier molecular flexibility index (Phi) is 17.3. The monoisotopic (exact) mass is 413 g/mol. The standard InChI is InChI=1S/C10H19BO3.C6H12BO2.C3H4.3CH4/c1-6-12-8-7-11-13-9(2,3)10(4,5)14-11;1-5(2)6(3,4)9-7-8-5;1-3-2;;;/h7-8H,6H2,1-5H3;1-4H3;1H,2H3;3*1H4/b8-7+;;;;;. The minimum atomic E-state index is -0.299. The molecule has 0 spiro atoms. The Bertz CT molecular complexity index is 464. The molecule has 0 amide bonds. The van der Waals surface area contributed by atoms with Crippen molar-refractivity contribution in [2.24, 2.45) is 0 Å². The molecule has 2 saturated heterocycles. The van der Waals surface area contributed by atoms with Gasteiger partial charge >= 0.3 is 14.8 Å². The van der Waals surface area contributed by atoms with E-state index in [9.17, 15) is 0 Å². The van der Waals surface area contributed by atoms with Gasteiger partial charge in [-0.3, -0.25) is 0 Å². The van der Waals surface area contributed by atoms with Gasteiger partial charge in [-0.25, -0.2) is 0 Å². The Morgan fingerprint density at radius 3 is 1.45 bits per heavy atom. The van der Waals surface area contributed by atoms with Crippen molar-refractivity contribution in [3.05, 3.63) is 12.2 Å². The van der Waals surface area contributed by atoms with Gasteiger partial charge in [-0.1, -0.05) is 22.3 Å². The molecule has 0 aliphatic carbocycles. The topological polar surface area (TPSA) is 46.2 Å². The second kappa shape index (κ2) is 14.1. The van der Waals surface area contributed by atoms with Gasteiger partial charge in [0.2, 0.25) is 0 Å². The highest BCUT2D eigenvalue weighted by molar-refractivity contribution is 6.51. The molecule has 2 rings (SSSR count). The highest BCUT2D eigenvalue weighted by atomic mass is 16.7. The zero-order valence-corrected chi connectivity index (χ0v) is 18.1. The van der Waals surface area contributed by atoms with Gasteiger partial charge in [-0.2, -0.15) is 0 Å². The molecule has 0 aromatic heterocycles. The minimum Gasteiger partial charge on any atom is -0.502 e. The van der Waals surface area contributed by atoms with Crippen LogP contribution in [0.3, 0.4) is 0 Å². The lowest BCUT2D eigenvalue weighted by Crippen LogP contribution is -2.41. The van der Waals surface area contributed by atoms with Crippen molar-refractivity contribution < 1.29 is 23.4 Å². The van der Waals surface area contributed by atoms with E-state index < -0.39 is 0 Å². The molecular weight excluding hydrogens is 366 g/mol. The summed E-state index contributed by atoms with van der Waals surface area (Å²) in [5.74, 6) is 4.04. The van der Waals surface area contributed by atoms with E-state index in [4.69, 9.17) is 23.4 Å². The summed E-state index contributed by atoms with van der Waals surface area (Å²) in [6.07, 6.45) is 6.22. The van der Waals surface area contributed by atoms with Gasteiger partial charge in [0.05, 0.1) is 35.3 Å². The number of terminal acetylenes is 1. The fraction of sp³-hybridized carbons (Fsp3) is 0.818. The first kappa shape index (κ1) is 35.5. The summed E-state index contributed by atoms with van der Waals surface area (Å²) in [6, 6.07) is 0. The summed E-state index contributed by atoms with van der Waals surface area (Å²) >= 11 is 0. The van der Waals surface area contributed by atoms with Gasteiger partial charge < -0.3 is 23.4 Å². The first-order chi connectivity index (χ1) is 11.8. The van der Waals surface area contributed by atoms with Crippen LogP contribution in [-0.4, -0.2) is 43.8 Å². The van der Waals surface area contributed by atoms with Gasteiger partial charge in [0, 0.05) is 0 Å². The number of rotatable bonds is 3. The molecule has 0 bridgehead atoms. The first-order valence-electron chi connectivity index (χ1n) is 8.95. The quantitative estimate of drug-likeness (QED) is 0.331. The SMILES string of the molecule is C.C.C.C#CC.CC1(C)O[B]OC1(C)C.CCO/C=C/B1OC(C)(C)C(C)(C)O1. The fourth-order valence-corrected chi connectivity index (χ4v) is 1.73. The predicted octanol–water partition coefficient (Wildman–Crippen LogP) is 5.84. The summed E-state index contributed by atoms with van der Waals surface area (Å²) in [4.78, 5) is 0. The Labute approximate surface area is 183 Å². The van der Waals surface area contributed by atoms with E-state index in [2.05, 4.69) is 12.3 Å². The molecule has 7 heteroatoms. The number of ether oxygens (including phenoxy) is 1. The molecule has 171 valence electrons. The molecule has 0 aromatic rings. The van der Waals surface area contributed by atoms with Crippen LogP contribution in [0.5, 0.6) is 0 Å². The Balaban J connectivity index is -0.000000183. The van der Waals surface area contributed by atoms with E-state index in [1.165, 1.54) is 7.69 Å². The van der Waals surface area contributed by atoms with Crippen LogP contribution in [0.4, 0.5) is 0 Å². The number of hydrogen-bond acceptors (Lipinski definition) is 5. The molecule has 0 atom stereocenters. The molecule has 0 aromatic carbocycles. The molecule has 5 nitrogen and oxygen atoms in total. The predicted molar refractivity (Wildman–Crippen MR) is 128 cm³/mol. The molecule has 1 radical (unpaired) electrons. The van der Waals surface area contributed by atoms with Crippen LogP contribution in [0.15, 0.2) is 12.2 Å². The maximum absolute atomic E-state index is 5.72. The number of hydrogen-bond donors (Lipinski definition) is 0. The van der Waals surface area contributed by atoms with Crippen LogP contribution in [0.1, 0.15) is 91.5 Å². The van der Waals surface area contributed by atoms with Crippen LogP contribution in [0.25, 0.3) is 0 Å². The smallest absolute Gasteiger partial charge is 0.490 e. The maximum Gasteiger partial charge on any atom is 0.490 e. The largest absolute Gasteiger partial charge is 0.502 e. The van der Waals surface area contributed by atoms with Gasteiger partial charge in [-0.15, -0.1) is 12.3 Å². The minimum absolute atomic E-state index is 0. The highest BCUT2D eigenvalue weighted by Crippen LogP contribution is 2.36. The van der Waals surface area contributed by atoms with E-state index in [0.717, 1.165) is 0 Å². The summed E-state index contributed by atoms with van der Waals surface area (Å²) in [5, 5.41) is 0. The van der Waals surface area contributed by atoms with Crippen LogP contribution in [0.2, 0.25) is 0 Å². The van der Waals surface area contributed by atoms with Crippen molar-refractivity contribution in [1.82, 2.24) is 0 Å². The molecule has 2 fully saturated rings. The molecule has 2 heterocycles. The Morgan fingerprint density at radius 2 is 1.21 bits per heavy atom. The summed E-state index contributed by atoms with van der Waals surface area (Å²) in [7, 11) is 1.12. The van der Waals surface area contributed by atoms with E-state index in [1.54, 1.807) is 19.2 Å². The molecule has 0 N–H and O–H groups in total. The van der Waals surface area contributed by atoms with Crippen molar-refractivity contribution in [1.29, 1.82) is 0 Å². The molecular formula is C22H47B2O5. The highest BCUT2D eigenvalue weighted by Gasteiger charge is 2.50. The molecule has 2 aliphatic heterocycles. The van der Waals surface area contributed by atoms with Crippen molar-refractivity contribution in [3.63, 3.8) is 0 Å². The third-order valence-electron chi connectivity index (χ3n) is 4.91. The average molecular weight is 413 g/mol. The van der Waals surface area contributed by atoms with Crippen LogP contribution >= 0.6 is 0 Å². The zero-order chi connectivity index (χ0) is 20.6. The van der Waals surface area contributed by atoms with E-state index in [0.29, 0.717) is 6.61 Å². The summed E-state index contributed by atoms with van der Waals surface area (Å²) in [5.41, 5.74) is -0.914. The molecule has 0 saturated carbocycles. The van der Waals surface area contributed by atoms with Gasteiger partial charge in [-0.05, 0) is 75.2 Å². The third kappa shape index (κ3) is 10.6. The lowest BCUT2D eigenvalue weighted by atomic mass is 9.90. The van der Waals surface area contributed by atoms with E-state index in [-0.39, 0.29) is 51.8 Å². The normalized spacial score (nSPS) is 21.3. The summed E-state index contributed by atoms with van der Waals surface area (Å²) < 4.78 is 27.0. The van der Waals surface area contributed by atoms with Crippen molar-refractivity contribution >= 4 is 14.8 Å². The van der Waals surface area contributed by atoms with Crippen LogP contribution in [-0.2, 0) is 23.4 Å². The Morgan fingerprint density at radius 1 is 0.862 bits per heavy atom. The van der Waals surface area contributed by atoms with Crippen molar-refractivity contribution in [2.45, 2.75) is 114 Å². The van der Waals surface area contributed by atoms with E-state index in [1.807, 2.05) is 62.3 Å². The van der Waals surface area contributed by atoms with Crippen molar-refractivity contribution in [2.75, 3.05) is 6.61 Å². The van der Waals surface area contributed by atoms with Crippen molar-refractivity contribution in [3.8, 4) is 12.3 Å². The maximum atomic E-state index is 5.72. The fourth-order valence-electron chi connectivity index (χ4n) is 1.73. The third-order valence-corrected chi connectivity index (χ3v) is 4.91. The van der Waals surface area contributed by atoms with Crippen LogP contribution in [0, 0.1) is 12.3 Å². The van der Waals surface area contributed by atoms with Crippen LogP contribution < -0.4 is 0 Å². The first-order valence-corrected chi connectivity index (χ1v) is 8.95. The molecule has 29 heavy (non-hydrogen) atoms. The molecule has 0 unspecified atom stereocenters. The van der Waals surface area contributed by atoms with Gasteiger partial charge in [0.1, 0.15) is 0 Å². The summed E-state index contributed by atoms with van der Waals surface area (Å²) in [6.45, 7) is 20.4. The lowest BCUT2D eigenvalue weighted by Gasteiger charge is -2.32. The molecule has 2 aliphatic rings. The van der Waals surface area contributed by atoms with E-state index >= 15 is 0 Å². The van der Waals surface area contributed by atoms with Gasteiger partial charge in [0.25, 0.3) is 0 Å². The lowest BCUT2D eigenvalue weighted by molar-refractivity contribution is 0.00578. The second-order valence-electron chi connectivity index (χ2n) is 8.05. The van der Waals surface area contributed by atoms with Gasteiger partial charge in [0.15, 0.2) is 0 Å². The average Bonchev–Trinajstić information content (AvgIpc) is 2.83. The second-order valence-corrected chi connectivity index (χ2v) is 8.05.